The van der Waals surface area contributed by atoms with Crippen LogP contribution in [-0.4, -0.2) is 69.7 Å². The fourth-order valence-electron chi connectivity index (χ4n) is 2.63. The van der Waals surface area contributed by atoms with Crippen molar-refractivity contribution in [1.29, 1.82) is 0 Å². The minimum absolute atomic E-state index is 0.0707. The van der Waals surface area contributed by atoms with Crippen molar-refractivity contribution >= 4 is 15.9 Å². The predicted octanol–water partition coefficient (Wildman–Crippen LogP) is 0.789. The van der Waals surface area contributed by atoms with Crippen molar-refractivity contribution in [2.75, 3.05) is 46.2 Å². The summed E-state index contributed by atoms with van der Waals surface area (Å²) in [6.45, 7) is 6.89. The van der Waals surface area contributed by atoms with Crippen molar-refractivity contribution in [2.45, 2.75) is 26.7 Å². The molecule has 1 aliphatic heterocycles. The summed E-state index contributed by atoms with van der Waals surface area (Å²) >= 11 is 0. The average Bonchev–Trinajstić information content (AvgIpc) is 2.41. The second kappa shape index (κ2) is 8.10. The predicted molar refractivity (Wildman–Crippen MR) is 82.4 cm³/mol. The summed E-state index contributed by atoms with van der Waals surface area (Å²) in [5.74, 6) is 0.467. The summed E-state index contributed by atoms with van der Waals surface area (Å²) in [6, 6.07) is 0. The zero-order valence-corrected chi connectivity index (χ0v) is 14.4. The molecule has 1 heterocycles. The zero-order valence-electron chi connectivity index (χ0n) is 13.5. The van der Waals surface area contributed by atoms with Gasteiger partial charge >= 0.3 is 0 Å². The van der Waals surface area contributed by atoms with E-state index in [0.29, 0.717) is 51.5 Å². The number of piperidine rings is 1. The Labute approximate surface area is 128 Å². The third kappa shape index (κ3) is 5.92. The second-order valence-corrected chi connectivity index (χ2v) is 8.09. The van der Waals surface area contributed by atoms with Crippen LogP contribution in [0.25, 0.3) is 0 Å². The molecule has 21 heavy (non-hydrogen) atoms. The number of rotatable bonds is 7. The van der Waals surface area contributed by atoms with Crippen molar-refractivity contribution in [1.82, 2.24) is 9.21 Å². The van der Waals surface area contributed by atoms with Gasteiger partial charge in [0.15, 0.2) is 0 Å². The van der Waals surface area contributed by atoms with Crippen LogP contribution in [0.4, 0.5) is 0 Å². The molecule has 6 nitrogen and oxygen atoms in total. The molecule has 0 aromatic rings. The molecule has 0 N–H and O–H groups in total. The van der Waals surface area contributed by atoms with Gasteiger partial charge in [0.2, 0.25) is 15.9 Å². The van der Waals surface area contributed by atoms with Crippen LogP contribution in [0.1, 0.15) is 26.7 Å². The van der Waals surface area contributed by atoms with E-state index < -0.39 is 10.0 Å². The first-order valence-electron chi connectivity index (χ1n) is 7.48. The minimum atomic E-state index is -3.14. The van der Waals surface area contributed by atoms with Crippen LogP contribution in [-0.2, 0) is 19.6 Å². The van der Waals surface area contributed by atoms with E-state index in [0.717, 1.165) is 0 Å². The van der Waals surface area contributed by atoms with Crippen molar-refractivity contribution in [3.05, 3.63) is 0 Å². The molecule has 0 aromatic carbocycles. The number of ether oxygens (including phenoxy) is 1. The molecule has 0 atom stereocenters. The highest BCUT2D eigenvalue weighted by Gasteiger charge is 2.31. The maximum Gasteiger partial charge on any atom is 0.225 e. The smallest absolute Gasteiger partial charge is 0.225 e. The molecule has 7 heteroatoms. The topological polar surface area (TPSA) is 66.9 Å². The molecule has 124 valence electrons. The third-order valence-corrected chi connectivity index (χ3v) is 5.04. The molecule has 1 fully saturated rings. The van der Waals surface area contributed by atoms with Gasteiger partial charge in [-0.2, -0.15) is 0 Å². The van der Waals surface area contributed by atoms with Gasteiger partial charge in [-0.15, -0.1) is 0 Å². The first kappa shape index (κ1) is 18.4. The number of amides is 1. The van der Waals surface area contributed by atoms with Crippen LogP contribution >= 0.6 is 0 Å². The number of hydrogen-bond acceptors (Lipinski definition) is 4. The van der Waals surface area contributed by atoms with Gasteiger partial charge in [0.05, 0.1) is 12.9 Å². The molecule has 0 radical (unpaired) electrons. The van der Waals surface area contributed by atoms with Gasteiger partial charge in [0.25, 0.3) is 0 Å². The molecule has 0 aromatic heterocycles. The average molecular weight is 320 g/mol. The Morgan fingerprint density at radius 3 is 2.33 bits per heavy atom. The quantitative estimate of drug-likeness (QED) is 0.695. The summed E-state index contributed by atoms with van der Waals surface area (Å²) in [7, 11) is -1.51. The fraction of sp³-hybridized carbons (Fsp3) is 0.929. The third-order valence-electron chi connectivity index (χ3n) is 3.73. The lowest BCUT2D eigenvalue weighted by molar-refractivity contribution is -0.138. The molecule has 1 amide bonds. The standard InChI is InChI=1S/C14H28N2O4S/c1-12(2)11-15(9-10-20-3)14(17)13-5-7-16(8-6-13)21(4,18)19/h12-13H,5-11H2,1-4H3. The van der Waals surface area contributed by atoms with Gasteiger partial charge in [0, 0.05) is 39.2 Å². The van der Waals surface area contributed by atoms with Crippen LogP contribution < -0.4 is 0 Å². The largest absolute Gasteiger partial charge is 0.383 e. The SMILES string of the molecule is COCCN(CC(C)C)C(=O)C1CCN(S(C)(=O)=O)CC1. The molecule has 0 saturated carbocycles. The summed E-state index contributed by atoms with van der Waals surface area (Å²) in [4.78, 5) is 14.5. The maximum absolute atomic E-state index is 12.6. The molecular weight excluding hydrogens is 292 g/mol. The van der Waals surface area contributed by atoms with E-state index in [-0.39, 0.29) is 11.8 Å². The molecular formula is C14H28N2O4S. The van der Waals surface area contributed by atoms with Crippen LogP contribution in [0.3, 0.4) is 0 Å². The Hall–Kier alpha value is -0.660. The number of methoxy groups -OCH3 is 1. The monoisotopic (exact) mass is 320 g/mol. The zero-order chi connectivity index (χ0) is 16.0. The van der Waals surface area contributed by atoms with Crippen molar-refractivity contribution in [3.63, 3.8) is 0 Å². The Morgan fingerprint density at radius 1 is 1.33 bits per heavy atom. The number of carbonyl (C=O) groups is 1. The lowest BCUT2D eigenvalue weighted by atomic mass is 9.96. The van der Waals surface area contributed by atoms with E-state index >= 15 is 0 Å². The molecule has 1 saturated heterocycles. The first-order valence-corrected chi connectivity index (χ1v) is 9.33. The maximum atomic E-state index is 12.6. The molecule has 0 bridgehead atoms. The first-order chi connectivity index (χ1) is 9.75. The van der Waals surface area contributed by atoms with Gasteiger partial charge in [0.1, 0.15) is 0 Å². The van der Waals surface area contributed by atoms with Gasteiger partial charge < -0.3 is 9.64 Å². The number of nitrogens with zero attached hydrogens (tertiary/aromatic N) is 2. The highest BCUT2D eigenvalue weighted by molar-refractivity contribution is 7.88. The van der Waals surface area contributed by atoms with Crippen molar-refractivity contribution in [2.24, 2.45) is 11.8 Å². The summed E-state index contributed by atoms with van der Waals surface area (Å²) in [5, 5.41) is 0. The van der Waals surface area contributed by atoms with E-state index in [2.05, 4.69) is 13.8 Å². The molecule has 1 rings (SSSR count). The van der Waals surface area contributed by atoms with E-state index in [1.807, 2.05) is 4.90 Å². The van der Waals surface area contributed by atoms with E-state index in [1.165, 1.54) is 10.6 Å². The molecule has 0 spiro atoms. The van der Waals surface area contributed by atoms with E-state index in [4.69, 9.17) is 4.74 Å². The fourth-order valence-corrected chi connectivity index (χ4v) is 3.50. The minimum Gasteiger partial charge on any atom is -0.383 e. The van der Waals surface area contributed by atoms with Crippen molar-refractivity contribution < 1.29 is 17.9 Å². The Bertz CT molecular complexity index is 428. The molecule has 0 aliphatic carbocycles. The van der Waals surface area contributed by atoms with Crippen LogP contribution in [0.2, 0.25) is 0 Å². The highest BCUT2D eigenvalue weighted by Crippen LogP contribution is 2.21. The number of carbonyl (C=O) groups excluding carboxylic acids is 1. The highest BCUT2D eigenvalue weighted by atomic mass is 32.2. The molecule has 0 unspecified atom stereocenters. The Balaban J connectivity index is 2.60. The summed E-state index contributed by atoms with van der Waals surface area (Å²) in [5.41, 5.74) is 0. The van der Waals surface area contributed by atoms with Crippen LogP contribution in [0.15, 0.2) is 0 Å². The van der Waals surface area contributed by atoms with E-state index in [1.54, 1.807) is 7.11 Å². The second-order valence-electron chi connectivity index (χ2n) is 6.11. The Morgan fingerprint density at radius 2 is 1.90 bits per heavy atom. The lowest BCUT2D eigenvalue weighted by Gasteiger charge is -2.33. The van der Waals surface area contributed by atoms with Gasteiger partial charge in [-0.05, 0) is 18.8 Å². The van der Waals surface area contributed by atoms with E-state index in [9.17, 15) is 13.2 Å². The molecule has 1 aliphatic rings. The normalized spacial score (nSPS) is 18.1. The van der Waals surface area contributed by atoms with Crippen LogP contribution in [0, 0.1) is 11.8 Å². The Kier molecular flexibility index (Phi) is 7.09. The van der Waals surface area contributed by atoms with Gasteiger partial charge in [-0.3, -0.25) is 4.79 Å². The number of hydrogen-bond donors (Lipinski definition) is 0. The van der Waals surface area contributed by atoms with Gasteiger partial charge in [-0.1, -0.05) is 13.8 Å². The summed E-state index contributed by atoms with van der Waals surface area (Å²) < 4.78 is 29.5. The number of sulfonamides is 1. The lowest BCUT2D eigenvalue weighted by Crippen LogP contribution is -2.45. The van der Waals surface area contributed by atoms with Crippen LogP contribution in [0.5, 0.6) is 0 Å². The summed E-state index contributed by atoms with van der Waals surface area (Å²) in [6.07, 6.45) is 2.43. The van der Waals surface area contributed by atoms with Crippen molar-refractivity contribution in [3.8, 4) is 0 Å². The van der Waals surface area contributed by atoms with Gasteiger partial charge in [-0.25, -0.2) is 12.7 Å².